The molecule has 0 aliphatic heterocycles. The summed E-state index contributed by atoms with van der Waals surface area (Å²) >= 11 is 0. The first-order valence-corrected chi connectivity index (χ1v) is 4.29. The lowest BCUT2D eigenvalue weighted by Crippen LogP contribution is -3.00. The van der Waals surface area contributed by atoms with Crippen molar-refractivity contribution in [3.05, 3.63) is 0 Å². The van der Waals surface area contributed by atoms with Crippen LogP contribution in [0.15, 0.2) is 0 Å². The van der Waals surface area contributed by atoms with Gasteiger partial charge in [0, 0.05) is 0 Å². The van der Waals surface area contributed by atoms with Gasteiger partial charge in [-0.1, -0.05) is 0 Å². The summed E-state index contributed by atoms with van der Waals surface area (Å²) in [5.74, 6) is 0. The van der Waals surface area contributed by atoms with Gasteiger partial charge in [0.2, 0.25) is 0 Å². The molecule has 0 aliphatic carbocycles. The molecule has 2 unspecified atom stereocenters. The Hall–Kier alpha value is 0.500. The minimum absolute atomic E-state index is 0. The first kappa shape index (κ1) is 18.3. The zero-order chi connectivity index (χ0) is 7.98. The van der Waals surface area contributed by atoms with Gasteiger partial charge in [0.25, 0.3) is 0 Å². The second-order valence-electron chi connectivity index (χ2n) is 3.49. The SMILES string of the molecule is CC([NH3+])CCCCC(C)[NH3+].[Cl-].[Cl-]. The van der Waals surface area contributed by atoms with Gasteiger partial charge >= 0.3 is 0 Å². The van der Waals surface area contributed by atoms with Gasteiger partial charge in [-0.3, -0.25) is 0 Å². The van der Waals surface area contributed by atoms with Crippen LogP contribution in [0.5, 0.6) is 0 Å². The smallest absolute Gasteiger partial charge is 0.0815 e. The van der Waals surface area contributed by atoms with E-state index in [1.807, 2.05) is 0 Å². The van der Waals surface area contributed by atoms with Crippen LogP contribution in [0.1, 0.15) is 39.5 Å². The van der Waals surface area contributed by atoms with Gasteiger partial charge in [-0.15, -0.1) is 0 Å². The molecular weight excluding hydrogens is 195 g/mol. The van der Waals surface area contributed by atoms with Crippen molar-refractivity contribution in [1.82, 2.24) is 0 Å². The molecule has 4 heteroatoms. The van der Waals surface area contributed by atoms with Crippen molar-refractivity contribution in [2.24, 2.45) is 0 Å². The third kappa shape index (κ3) is 16.8. The fourth-order valence-corrected chi connectivity index (χ4v) is 0.986. The molecule has 0 fully saturated rings. The van der Waals surface area contributed by atoms with Crippen molar-refractivity contribution in [3.8, 4) is 0 Å². The van der Waals surface area contributed by atoms with Crippen LogP contribution in [0, 0.1) is 0 Å². The summed E-state index contributed by atoms with van der Waals surface area (Å²) in [6.45, 7) is 4.35. The zero-order valence-electron chi connectivity index (χ0n) is 8.15. The normalized spacial score (nSPS) is 14.0. The Bertz CT molecular complexity index is 67.5. The van der Waals surface area contributed by atoms with E-state index in [0.717, 1.165) is 0 Å². The predicted molar refractivity (Wildman–Crippen MR) is 43.2 cm³/mol. The molecule has 0 aromatic heterocycles. The number of unbranched alkanes of at least 4 members (excludes halogenated alkanes) is 1. The number of rotatable bonds is 5. The molecule has 12 heavy (non-hydrogen) atoms. The maximum absolute atomic E-state index is 3.94. The molecule has 0 spiro atoms. The molecular formula is C8H22Cl2N2. The Kier molecular flexibility index (Phi) is 17.6. The van der Waals surface area contributed by atoms with Crippen molar-refractivity contribution in [3.63, 3.8) is 0 Å². The highest BCUT2D eigenvalue weighted by atomic mass is 35.5. The third-order valence-electron chi connectivity index (χ3n) is 1.64. The fourth-order valence-electron chi connectivity index (χ4n) is 0.986. The molecule has 0 bridgehead atoms. The van der Waals surface area contributed by atoms with Crippen LogP contribution in [0.2, 0.25) is 0 Å². The first-order valence-electron chi connectivity index (χ1n) is 4.29. The minimum atomic E-state index is 0. The molecule has 0 saturated carbocycles. The average Bonchev–Trinajstić information content (AvgIpc) is 1.79. The van der Waals surface area contributed by atoms with E-state index >= 15 is 0 Å². The van der Waals surface area contributed by atoms with Gasteiger partial charge in [0.1, 0.15) is 0 Å². The van der Waals surface area contributed by atoms with Gasteiger partial charge in [-0.2, -0.15) is 0 Å². The van der Waals surface area contributed by atoms with Crippen molar-refractivity contribution in [1.29, 1.82) is 0 Å². The monoisotopic (exact) mass is 216 g/mol. The van der Waals surface area contributed by atoms with Gasteiger partial charge < -0.3 is 36.3 Å². The quantitative estimate of drug-likeness (QED) is 0.431. The Morgan fingerprint density at radius 3 is 1.25 bits per heavy atom. The second-order valence-corrected chi connectivity index (χ2v) is 3.49. The molecule has 0 heterocycles. The lowest BCUT2D eigenvalue weighted by molar-refractivity contribution is -0.418. The Labute approximate surface area is 88.3 Å². The van der Waals surface area contributed by atoms with E-state index < -0.39 is 0 Å². The lowest BCUT2D eigenvalue weighted by Gasteiger charge is -2.02. The first-order chi connectivity index (χ1) is 4.63. The van der Waals surface area contributed by atoms with E-state index in [4.69, 9.17) is 0 Å². The molecule has 0 rings (SSSR count). The summed E-state index contributed by atoms with van der Waals surface area (Å²) in [6.07, 6.45) is 5.19. The van der Waals surface area contributed by atoms with Crippen molar-refractivity contribution >= 4 is 0 Å². The summed E-state index contributed by atoms with van der Waals surface area (Å²) < 4.78 is 0. The van der Waals surface area contributed by atoms with E-state index in [-0.39, 0.29) is 24.8 Å². The van der Waals surface area contributed by atoms with Crippen LogP contribution < -0.4 is 36.3 Å². The van der Waals surface area contributed by atoms with Crippen molar-refractivity contribution in [2.75, 3.05) is 0 Å². The van der Waals surface area contributed by atoms with Crippen LogP contribution in [0.25, 0.3) is 0 Å². The molecule has 78 valence electrons. The average molecular weight is 217 g/mol. The van der Waals surface area contributed by atoms with Crippen molar-refractivity contribution < 1.29 is 36.3 Å². The Balaban J connectivity index is -0.000000405. The van der Waals surface area contributed by atoms with Crippen LogP contribution in [0.3, 0.4) is 0 Å². The van der Waals surface area contributed by atoms with Crippen LogP contribution in [-0.4, -0.2) is 12.1 Å². The van der Waals surface area contributed by atoms with E-state index in [2.05, 4.69) is 25.3 Å². The van der Waals surface area contributed by atoms with E-state index in [1.165, 1.54) is 25.7 Å². The summed E-state index contributed by atoms with van der Waals surface area (Å²) in [5.41, 5.74) is 7.88. The highest BCUT2D eigenvalue weighted by Gasteiger charge is 1.99. The minimum Gasteiger partial charge on any atom is -1.00 e. The van der Waals surface area contributed by atoms with Crippen molar-refractivity contribution in [2.45, 2.75) is 51.6 Å². The summed E-state index contributed by atoms with van der Waals surface area (Å²) in [5, 5.41) is 0. The molecule has 6 N–H and O–H groups in total. The van der Waals surface area contributed by atoms with Gasteiger partial charge in [-0.05, 0) is 39.5 Å². The third-order valence-corrected chi connectivity index (χ3v) is 1.64. The van der Waals surface area contributed by atoms with Crippen LogP contribution in [0.4, 0.5) is 0 Å². The number of halogens is 2. The topological polar surface area (TPSA) is 55.3 Å². The molecule has 0 amide bonds. The maximum atomic E-state index is 3.94. The molecule has 0 aromatic carbocycles. The molecule has 0 saturated heterocycles. The number of hydrogen-bond acceptors (Lipinski definition) is 0. The molecule has 0 aromatic rings. The molecule has 2 nitrogen and oxygen atoms in total. The highest BCUT2D eigenvalue weighted by molar-refractivity contribution is 4.49. The lowest BCUT2D eigenvalue weighted by atomic mass is 10.1. The molecule has 2 atom stereocenters. The predicted octanol–water partition coefficient (Wildman–Crippen LogP) is -6.18. The Morgan fingerprint density at radius 2 is 1.08 bits per heavy atom. The number of quaternary nitrogens is 2. The van der Waals surface area contributed by atoms with E-state index in [1.54, 1.807) is 0 Å². The highest BCUT2D eigenvalue weighted by Crippen LogP contribution is 2.01. The fraction of sp³-hybridized carbons (Fsp3) is 1.00. The maximum Gasteiger partial charge on any atom is 0.0815 e. The largest absolute Gasteiger partial charge is 1.00 e. The molecule has 0 aliphatic rings. The summed E-state index contributed by atoms with van der Waals surface area (Å²) in [7, 11) is 0. The number of hydrogen-bond donors (Lipinski definition) is 2. The Morgan fingerprint density at radius 1 is 0.833 bits per heavy atom. The van der Waals surface area contributed by atoms with Gasteiger partial charge in [0.05, 0.1) is 12.1 Å². The van der Waals surface area contributed by atoms with E-state index in [9.17, 15) is 0 Å². The van der Waals surface area contributed by atoms with Gasteiger partial charge in [0.15, 0.2) is 0 Å². The second kappa shape index (κ2) is 11.5. The van der Waals surface area contributed by atoms with Crippen LogP contribution >= 0.6 is 0 Å². The van der Waals surface area contributed by atoms with Gasteiger partial charge in [-0.25, -0.2) is 0 Å². The summed E-state index contributed by atoms with van der Waals surface area (Å²) in [6, 6.07) is 1.25. The van der Waals surface area contributed by atoms with Crippen LogP contribution in [-0.2, 0) is 0 Å². The zero-order valence-corrected chi connectivity index (χ0v) is 9.67. The molecule has 0 radical (unpaired) electrons. The summed E-state index contributed by atoms with van der Waals surface area (Å²) in [4.78, 5) is 0. The standard InChI is InChI=1S/C8H20N2.2ClH/c1-7(9)5-3-4-6-8(2)10;;/h7-8H,3-6,9-10H2,1-2H3;2*1H. The van der Waals surface area contributed by atoms with E-state index in [0.29, 0.717) is 12.1 Å².